The Morgan fingerprint density at radius 2 is 1.92 bits per heavy atom. The molecule has 0 radical (unpaired) electrons. The van der Waals surface area contributed by atoms with Gasteiger partial charge in [-0.15, -0.1) is 0 Å². The Labute approximate surface area is 149 Å². The zero-order chi connectivity index (χ0) is 17.6. The fourth-order valence-corrected chi connectivity index (χ4v) is 3.73. The molecule has 134 valence electrons. The van der Waals surface area contributed by atoms with Crippen LogP contribution in [0.15, 0.2) is 36.9 Å². The summed E-state index contributed by atoms with van der Waals surface area (Å²) in [4.78, 5) is 26.1. The molecule has 1 saturated carbocycles. The summed E-state index contributed by atoms with van der Waals surface area (Å²) >= 11 is 0. The van der Waals surface area contributed by atoms with Gasteiger partial charge in [0.15, 0.2) is 5.75 Å². The molecule has 3 rings (SSSR count). The Kier molecular flexibility index (Phi) is 5.74. The molecule has 25 heavy (non-hydrogen) atoms. The molecular weight excluding hydrogens is 316 g/mol. The number of esters is 1. The fraction of sp³-hybridized carbons (Fsp3) is 0.500. The van der Waals surface area contributed by atoms with Crippen LogP contribution in [0.4, 0.5) is 5.69 Å². The molecule has 0 bridgehead atoms. The molecule has 1 atom stereocenters. The number of nitrogens with one attached hydrogen (secondary N) is 1. The summed E-state index contributed by atoms with van der Waals surface area (Å²) in [6, 6.07) is 7.54. The summed E-state index contributed by atoms with van der Waals surface area (Å²) < 4.78 is 5.27. The molecule has 5 heteroatoms. The van der Waals surface area contributed by atoms with Gasteiger partial charge in [0.2, 0.25) is 5.91 Å². The molecule has 0 spiro atoms. The number of nitrogens with zero attached hydrogens (tertiary/aromatic N) is 1. The van der Waals surface area contributed by atoms with Gasteiger partial charge in [0, 0.05) is 31.1 Å². The molecule has 0 unspecified atom stereocenters. The predicted molar refractivity (Wildman–Crippen MR) is 97.5 cm³/mol. The lowest BCUT2D eigenvalue weighted by Crippen LogP contribution is -2.36. The highest BCUT2D eigenvalue weighted by atomic mass is 16.5. The van der Waals surface area contributed by atoms with E-state index in [0.29, 0.717) is 18.2 Å². The SMILES string of the molecule is C=CC(=O)Oc1ccccc1N[C@@H]1CCN(C(=O)C2CCCCC2)C1. The van der Waals surface area contributed by atoms with Gasteiger partial charge in [0.05, 0.1) is 5.69 Å². The summed E-state index contributed by atoms with van der Waals surface area (Å²) in [6.45, 7) is 4.92. The second kappa shape index (κ2) is 8.19. The average molecular weight is 342 g/mol. The normalized spacial score (nSPS) is 21.0. The van der Waals surface area contributed by atoms with Crippen LogP contribution in [0, 0.1) is 5.92 Å². The van der Waals surface area contributed by atoms with Gasteiger partial charge in [-0.3, -0.25) is 4.79 Å². The van der Waals surface area contributed by atoms with E-state index in [1.54, 1.807) is 6.07 Å². The van der Waals surface area contributed by atoms with Gasteiger partial charge in [0.25, 0.3) is 0 Å². The van der Waals surface area contributed by atoms with Gasteiger partial charge in [-0.2, -0.15) is 0 Å². The van der Waals surface area contributed by atoms with Gasteiger partial charge in [0.1, 0.15) is 0 Å². The first-order valence-electron chi connectivity index (χ1n) is 9.16. The predicted octanol–water partition coefficient (Wildman–Crippen LogP) is 3.37. The van der Waals surface area contributed by atoms with Crippen LogP contribution >= 0.6 is 0 Å². The Morgan fingerprint density at radius 1 is 1.16 bits per heavy atom. The first-order valence-corrected chi connectivity index (χ1v) is 9.16. The van der Waals surface area contributed by atoms with Crippen molar-refractivity contribution in [2.75, 3.05) is 18.4 Å². The van der Waals surface area contributed by atoms with E-state index >= 15 is 0 Å². The summed E-state index contributed by atoms with van der Waals surface area (Å²) in [7, 11) is 0. The quantitative estimate of drug-likeness (QED) is 0.506. The Morgan fingerprint density at radius 3 is 2.68 bits per heavy atom. The zero-order valence-corrected chi connectivity index (χ0v) is 14.6. The van der Waals surface area contributed by atoms with Crippen LogP contribution < -0.4 is 10.1 Å². The fourth-order valence-electron chi connectivity index (χ4n) is 3.73. The highest BCUT2D eigenvalue weighted by Crippen LogP contribution is 2.29. The molecule has 2 aliphatic rings. The van der Waals surface area contributed by atoms with Gasteiger partial charge >= 0.3 is 5.97 Å². The monoisotopic (exact) mass is 342 g/mol. The Balaban J connectivity index is 1.59. The molecule has 5 nitrogen and oxygen atoms in total. The largest absolute Gasteiger partial charge is 0.421 e. The number of benzene rings is 1. The molecule has 2 fully saturated rings. The van der Waals surface area contributed by atoms with Gasteiger partial charge < -0.3 is 15.0 Å². The summed E-state index contributed by atoms with van der Waals surface area (Å²) in [5.41, 5.74) is 0.773. The van der Waals surface area contributed by atoms with Crippen LogP contribution in [-0.4, -0.2) is 35.9 Å². The van der Waals surface area contributed by atoms with Crippen LogP contribution in [0.25, 0.3) is 0 Å². The lowest BCUT2D eigenvalue weighted by atomic mass is 9.88. The number of amides is 1. The van der Waals surface area contributed by atoms with Crippen molar-refractivity contribution in [1.82, 2.24) is 4.90 Å². The smallest absolute Gasteiger partial charge is 0.335 e. The van der Waals surface area contributed by atoms with Gasteiger partial charge in [-0.25, -0.2) is 4.79 Å². The maximum atomic E-state index is 12.7. The third-order valence-electron chi connectivity index (χ3n) is 5.08. The van der Waals surface area contributed by atoms with E-state index in [1.165, 1.54) is 19.3 Å². The van der Waals surface area contributed by atoms with E-state index < -0.39 is 5.97 Å². The molecule has 1 aromatic carbocycles. The van der Waals surface area contributed by atoms with Crippen LogP contribution in [0.5, 0.6) is 5.75 Å². The number of carbonyl (C=O) groups is 2. The molecule has 1 heterocycles. The second-order valence-electron chi connectivity index (χ2n) is 6.87. The van der Waals surface area contributed by atoms with E-state index in [0.717, 1.165) is 37.6 Å². The summed E-state index contributed by atoms with van der Waals surface area (Å²) in [6.07, 6.45) is 7.73. The van der Waals surface area contributed by atoms with Crippen LogP contribution in [0.2, 0.25) is 0 Å². The van der Waals surface area contributed by atoms with Crippen LogP contribution in [0.3, 0.4) is 0 Å². The number of anilines is 1. The van der Waals surface area contributed by atoms with Crippen molar-refractivity contribution in [3.8, 4) is 5.75 Å². The van der Waals surface area contributed by atoms with E-state index in [2.05, 4.69) is 11.9 Å². The van der Waals surface area contributed by atoms with Gasteiger partial charge in [-0.1, -0.05) is 38.0 Å². The highest BCUT2D eigenvalue weighted by molar-refractivity contribution is 5.84. The van der Waals surface area contributed by atoms with E-state index in [-0.39, 0.29) is 12.0 Å². The maximum Gasteiger partial charge on any atom is 0.335 e. The lowest BCUT2D eigenvalue weighted by Gasteiger charge is -2.26. The van der Waals surface area contributed by atoms with E-state index in [4.69, 9.17) is 4.74 Å². The second-order valence-corrected chi connectivity index (χ2v) is 6.87. The molecule has 1 N–H and O–H groups in total. The van der Waals surface area contributed by atoms with Crippen molar-refractivity contribution in [2.45, 2.75) is 44.6 Å². The minimum Gasteiger partial charge on any atom is -0.421 e. The van der Waals surface area contributed by atoms with Crippen molar-refractivity contribution in [2.24, 2.45) is 5.92 Å². The number of hydrogen-bond donors (Lipinski definition) is 1. The van der Waals surface area contributed by atoms with Crippen molar-refractivity contribution < 1.29 is 14.3 Å². The van der Waals surface area contributed by atoms with Crippen molar-refractivity contribution in [1.29, 1.82) is 0 Å². The Hall–Kier alpha value is -2.30. The Bertz CT molecular complexity index is 638. The molecule has 1 amide bonds. The van der Waals surface area contributed by atoms with Crippen molar-refractivity contribution in [3.05, 3.63) is 36.9 Å². The highest BCUT2D eigenvalue weighted by Gasteiger charge is 2.31. The van der Waals surface area contributed by atoms with Crippen molar-refractivity contribution >= 4 is 17.6 Å². The minimum atomic E-state index is -0.477. The molecule has 1 aliphatic carbocycles. The number of carbonyl (C=O) groups excluding carboxylic acids is 2. The number of para-hydroxylation sites is 2. The average Bonchev–Trinajstić information content (AvgIpc) is 3.12. The molecule has 1 aliphatic heterocycles. The molecule has 0 aromatic heterocycles. The zero-order valence-electron chi connectivity index (χ0n) is 14.6. The number of hydrogen-bond acceptors (Lipinski definition) is 4. The topological polar surface area (TPSA) is 58.6 Å². The first-order chi connectivity index (χ1) is 12.2. The summed E-state index contributed by atoms with van der Waals surface area (Å²) in [5, 5.41) is 3.42. The standard InChI is InChI=1S/C20H26N2O3/c1-2-19(23)25-18-11-7-6-10-17(18)21-16-12-13-22(14-16)20(24)15-8-4-3-5-9-15/h2,6-7,10-11,15-16,21H,1,3-5,8-9,12-14H2/t16-/m1/s1. The number of rotatable bonds is 5. The van der Waals surface area contributed by atoms with Gasteiger partial charge in [-0.05, 0) is 31.4 Å². The van der Waals surface area contributed by atoms with Crippen LogP contribution in [-0.2, 0) is 9.59 Å². The number of likely N-dealkylation sites (tertiary alicyclic amines) is 1. The van der Waals surface area contributed by atoms with Crippen molar-refractivity contribution in [3.63, 3.8) is 0 Å². The lowest BCUT2D eigenvalue weighted by molar-refractivity contribution is -0.135. The molecular formula is C20H26N2O3. The molecule has 1 saturated heterocycles. The maximum absolute atomic E-state index is 12.7. The summed E-state index contributed by atoms with van der Waals surface area (Å²) in [5.74, 6) is 0.544. The third kappa shape index (κ3) is 4.41. The van der Waals surface area contributed by atoms with E-state index in [9.17, 15) is 9.59 Å². The minimum absolute atomic E-state index is 0.177. The first kappa shape index (κ1) is 17.5. The van der Waals surface area contributed by atoms with E-state index in [1.807, 2.05) is 23.1 Å². The molecule has 1 aromatic rings. The number of ether oxygens (including phenoxy) is 1. The third-order valence-corrected chi connectivity index (χ3v) is 5.08. The van der Waals surface area contributed by atoms with Crippen LogP contribution in [0.1, 0.15) is 38.5 Å².